The Morgan fingerprint density at radius 3 is 2.90 bits per heavy atom. The van der Waals surface area contributed by atoms with Crippen molar-refractivity contribution in [1.29, 1.82) is 0 Å². The molecule has 0 saturated heterocycles. The molecule has 5 nitrogen and oxygen atoms in total. The lowest BCUT2D eigenvalue weighted by atomic mass is 10.3. The average molecular weight is 296 g/mol. The Bertz CT molecular complexity index is 454. The Hall–Kier alpha value is -1.40. The fraction of sp³-hybridized carbons (Fsp3) is 0.500. The topological polar surface area (TPSA) is 73.6 Å². The second-order valence-electron chi connectivity index (χ2n) is 4.40. The molecule has 0 spiro atoms. The van der Waals surface area contributed by atoms with Crippen molar-refractivity contribution in [3.8, 4) is 11.5 Å². The molecule has 0 radical (unpaired) electrons. The maximum atomic E-state index is 11.5. The Morgan fingerprint density at radius 2 is 2.10 bits per heavy atom. The van der Waals surface area contributed by atoms with E-state index in [2.05, 4.69) is 5.32 Å². The van der Waals surface area contributed by atoms with E-state index >= 15 is 0 Å². The van der Waals surface area contributed by atoms with Crippen LogP contribution in [-0.4, -0.2) is 38.0 Å². The van der Waals surface area contributed by atoms with Gasteiger partial charge in [-0.05, 0) is 31.2 Å². The molecule has 1 aliphatic heterocycles. The number of carbonyl (C=O) groups is 1. The molecule has 0 fully saturated rings. The van der Waals surface area contributed by atoms with Gasteiger partial charge in [-0.2, -0.15) is 0 Å². The van der Waals surface area contributed by atoms with Crippen molar-refractivity contribution in [2.45, 2.75) is 17.7 Å². The number of nitrogens with two attached hydrogens (primary N) is 1. The number of thioether (sulfide) groups is 1. The van der Waals surface area contributed by atoms with Gasteiger partial charge in [0.25, 0.3) is 0 Å². The summed E-state index contributed by atoms with van der Waals surface area (Å²) in [5.41, 5.74) is 5.37. The molecule has 20 heavy (non-hydrogen) atoms. The molecule has 0 bridgehead atoms. The van der Waals surface area contributed by atoms with Crippen LogP contribution in [0.3, 0.4) is 0 Å². The first-order valence-corrected chi connectivity index (χ1v) is 7.77. The minimum atomic E-state index is 0.0727. The van der Waals surface area contributed by atoms with Crippen molar-refractivity contribution in [1.82, 2.24) is 5.32 Å². The molecule has 0 unspecified atom stereocenters. The lowest BCUT2D eigenvalue weighted by Gasteiger charge is -2.18. The second kappa shape index (κ2) is 8.01. The number of amides is 1. The first-order chi connectivity index (χ1) is 9.79. The van der Waals surface area contributed by atoms with Crippen molar-refractivity contribution in [2.75, 3.05) is 32.1 Å². The number of nitrogens with one attached hydrogen (secondary N) is 1. The lowest BCUT2D eigenvalue weighted by Crippen LogP contribution is -2.26. The van der Waals surface area contributed by atoms with E-state index < -0.39 is 0 Å². The number of hydrogen-bond acceptors (Lipinski definition) is 5. The highest BCUT2D eigenvalue weighted by Crippen LogP contribution is 2.34. The highest BCUT2D eigenvalue weighted by atomic mass is 32.2. The maximum Gasteiger partial charge on any atom is 0.220 e. The monoisotopic (exact) mass is 296 g/mol. The molecule has 0 saturated carbocycles. The lowest BCUT2D eigenvalue weighted by molar-refractivity contribution is -0.120. The maximum absolute atomic E-state index is 11.5. The van der Waals surface area contributed by atoms with Crippen LogP contribution in [0.25, 0.3) is 0 Å². The number of carbonyl (C=O) groups excluding carboxylic acids is 1. The summed E-state index contributed by atoms with van der Waals surface area (Å²) in [6.45, 7) is 2.45. The highest BCUT2D eigenvalue weighted by molar-refractivity contribution is 7.99. The molecule has 2 rings (SSSR count). The van der Waals surface area contributed by atoms with E-state index in [1.165, 1.54) is 0 Å². The summed E-state index contributed by atoms with van der Waals surface area (Å²) in [7, 11) is 0. The molecule has 1 aliphatic rings. The first-order valence-electron chi connectivity index (χ1n) is 6.79. The Balaban J connectivity index is 1.72. The molecule has 0 atom stereocenters. The third-order valence-electron chi connectivity index (χ3n) is 2.81. The van der Waals surface area contributed by atoms with Gasteiger partial charge in [0, 0.05) is 23.6 Å². The van der Waals surface area contributed by atoms with Gasteiger partial charge >= 0.3 is 0 Å². The van der Waals surface area contributed by atoms with E-state index in [-0.39, 0.29) is 5.91 Å². The minimum absolute atomic E-state index is 0.0727. The Morgan fingerprint density at radius 1 is 1.30 bits per heavy atom. The molecule has 1 aromatic carbocycles. The van der Waals surface area contributed by atoms with E-state index in [1.54, 1.807) is 11.8 Å². The number of benzene rings is 1. The highest BCUT2D eigenvalue weighted by Gasteiger charge is 2.12. The fourth-order valence-electron chi connectivity index (χ4n) is 1.79. The number of fused-ring (bicyclic) bond motifs is 1. The third-order valence-corrected chi connectivity index (χ3v) is 3.81. The zero-order valence-corrected chi connectivity index (χ0v) is 12.2. The summed E-state index contributed by atoms with van der Waals surface area (Å²) in [5, 5.41) is 2.84. The largest absolute Gasteiger partial charge is 0.486 e. The van der Waals surface area contributed by atoms with Crippen LogP contribution in [0.1, 0.15) is 12.8 Å². The quantitative estimate of drug-likeness (QED) is 0.588. The summed E-state index contributed by atoms with van der Waals surface area (Å²) in [6.07, 6.45) is 1.32. The second-order valence-corrected chi connectivity index (χ2v) is 5.56. The van der Waals surface area contributed by atoms with Crippen molar-refractivity contribution >= 4 is 17.7 Å². The summed E-state index contributed by atoms with van der Waals surface area (Å²) in [5.74, 6) is 2.39. The zero-order chi connectivity index (χ0) is 14.2. The Kier molecular flexibility index (Phi) is 6.01. The SMILES string of the molecule is NCCCNC(=O)CCSc1ccc2c(c1)OCCO2. The van der Waals surface area contributed by atoms with Crippen molar-refractivity contribution in [3.05, 3.63) is 18.2 Å². The predicted molar refractivity (Wildman–Crippen MR) is 79.5 cm³/mol. The van der Waals surface area contributed by atoms with Gasteiger partial charge in [-0.15, -0.1) is 11.8 Å². The number of hydrogen-bond donors (Lipinski definition) is 2. The Labute approximate surface area is 123 Å². The van der Waals surface area contributed by atoms with E-state index in [0.29, 0.717) is 32.7 Å². The van der Waals surface area contributed by atoms with Crippen molar-refractivity contribution in [2.24, 2.45) is 5.73 Å². The van der Waals surface area contributed by atoms with Crippen molar-refractivity contribution < 1.29 is 14.3 Å². The summed E-state index contributed by atoms with van der Waals surface area (Å²) in [4.78, 5) is 12.6. The van der Waals surface area contributed by atoms with Crippen LogP contribution in [0.4, 0.5) is 0 Å². The predicted octanol–water partition coefficient (Wildman–Crippen LogP) is 1.40. The number of ether oxygens (including phenoxy) is 2. The molecule has 1 amide bonds. The molecule has 0 aliphatic carbocycles. The van der Waals surface area contributed by atoms with Gasteiger partial charge < -0.3 is 20.5 Å². The fourth-order valence-corrected chi connectivity index (χ4v) is 2.67. The van der Waals surface area contributed by atoms with Gasteiger partial charge in [0.15, 0.2) is 11.5 Å². The molecule has 6 heteroatoms. The van der Waals surface area contributed by atoms with Crippen molar-refractivity contribution in [3.63, 3.8) is 0 Å². The van der Waals surface area contributed by atoms with Crippen LogP contribution in [-0.2, 0) is 4.79 Å². The number of rotatable bonds is 7. The van der Waals surface area contributed by atoms with Crippen LogP contribution < -0.4 is 20.5 Å². The van der Waals surface area contributed by atoms with Gasteiger partial charge in [-0.25, -0.2) is 0 Å². The minimum Gasteiger partial charge on any atom is -0.486 e. The standard InChI is InChI=1S/C14H20N2O3S/c15-5-1-6-16-14(17)4-9-20-11-2-3-12-13(10-11)19-8-7-18-12/h2-3,10H,1,4-9,15H2,(H,16,17). The van der Waals surface area contributed by atoms with Gasteiger partial charge in [-0.3, -0.25) is 4.79 Å². The molecule has 110 valence electrons. The van der Waals surface area contributed by atoms with E-state index in [1.807, 2.05) is 18.2 Å². The van der Waals surface area contributed by atoms with Gasteiger partial charge in [-0.1, -0.05) is 0 Å². The summed E-state index contributed by atoms with van der Waals surface area (Å²) < 4.78 is 11.0. The smallest absolute Gasteiger partial charge is 0.220 e. The van der Waals surface area contributed by atoms with E-state index in [0.717, 1.165) is 28.6 Å². The zero-order valence-electron chi connectivity index (χ0n) is 11.4. The molecule has 0 aromatic heterocycles. The van der Waals surface area contributed by atoms with Crippen LogP contribution in [0.15, 0.2) is 23.1 Å². The summed E-state index contributed by atoms with van der Waals surface area (Å²) in [6, 6.07) is 5.87. The first kappa shape index (κ1) is 15.0. The van der Waals surface area contributed by atoms with Gasteiger partial charge in [0.1, 0.15) is 13.2 Å². The molecule has 1 aromatic rings. The molecular formula is C14H20N2O3S. The van der Waals surface area contributed by atoms with Crippen LogP contribution in [0.5, 0.6) is 11.5 Å². The van der Waals surface area contributed by atoms with E-state index in [9.17, 15) is 4.79 Å². The normalized spacial score (nSPS) is 13.1. The molecular weight excluding hydrogens is 276 g/mol. The third kappa shape index (κ3) is 4.61. The van der Waals surface area contributed by atoms with Gasteiger partial charge in [0.2, 0.25) is 5.91 Å². The van der Waals surface area contributed by atoms with E-state index in [4.69, 9.17) is 15.2 Å². The van der Waals surface area contributed by atoms with Gasteiger partial charge in [0.05, 0.1) is 0 Å². The molecule has 1 heterocycles. The van der Waals surface area contributed by atoms with Crippen LogP contribution in [0.2, 0.25) is 0 Å². The van der Waals surface area contributed by atoms with Crippen LogP contribution >= 0.6 is 11.8 Å². The average Bonchev–Trinajstić information content (AvgIpc) is 2.47. The summed E-state index contributed by atoms with van der Waals surface area (Å²) >= 11 is 1.64. The molecule has 3 N–H and O–H groups in total. The van der Waals surface area contributed by atoms with Crippen LogP contribution in [0, 0.1) is 0 Å².